The van der Waals surface area contributed by atoms with E-state index < -0.39 is 0 Å². The number of aryl methyl sites for hydroxylation is 1. The molecule has 2 aliphatic rings. The zero-order valence-corrected chi connectivity index (χ0v) is 20.1. The Morgan fingerprint density at radius 2 is 1.79 bits per heavy atom. The highest BCUT2D eigenvalue weighted by molar-refractivity contribution is 9.10. The maximum Gasteiger partial charge on any atom is 0.120 e. The number of hydrogen-bond donors (Lipinski definition) is 0. The molecule has 0 N–H and O–H groups in total. The first-order chi connectivity index (χ1) is 16.3. The second kappa shape index (κ2) is 10.3. The lowest BCUT2D eigenvalue weighted by Gasteiger charge is -2.26. The fourth-order valence-electron chi connectivity index (χ4n) is 4.70. The Morgan fingerprint density at radius 1 is 0.879 bits per heavy atom. The molecule has 0 amide bonds. The quantitative estimate of drug-likeness (QED) is 0.266. The Balaban J connectivity index is 0.000000332. The largest absolute Gasteiger partial charge is 0.497 e. The van der Waals surface area contributed by atoms with Gasteiger partial charge in [-0.3, -0.25) is 0 Å². The molecular weight excluding hydrogens is 472 g/mol. The lowest BCUT2D eigenvalue weighted by molar-refractivity contribution is 0.234. The summed E-state index contributed by atoms with van der Waals surface area (Å²) in [7, 11) is 0. The first-order valence-corrected chi connectivity index (χ1v) is 12.3. The molecule has 166 valence electrons. The maximum absolute atomic E-state index is 6.06. The van der Waals surface area contributed by atoms with Crippen molar-refractivity contribution in [2.75, 3.05) is 13.2 Å². The highest BCUT2D eigenvalue weighted by Gasteiger charge is 2.21. The SMILES string of the molecule is Brc1cccc(OC[C@@H]2CCc3c(ccc4c3ccc3ccccc34)C2)c1.C1=CCOC=C1. The lowest BCUT2D eigenvalue weighted by Crippen LogP contribution is -2.21. The van der Waals surface area contributed by atoms with Gasteiger partial charge in [-0.2, -0.15) is 0 Å². The van der Waals surface area contributed by atoms with Crippen LogP contribution in [0, 0.1) is 5.92 Å². The van der Waals surface area contributed by atoms with Crippen molar-refractivity contribution in [2.24, 2.45) is 5.92 Å². The van der Waals surface area contributed by atoms with Gasteiger partial charge in [-0.05, 0) is 88.2 Å². The Bertz CT molecular complexity index is 1310. The van der Waals surface area contributed by atoms with Crippen LogP contribution >= 0.6 is 15.9 Å². The van der Waals surface area contributed by atoms with Gasteiger partial charge in [0.1, 0.15) is 12.4 Å². The van der Waals surface area contributed by atoms with Crippen molar-refractivity contribution < 1.29 is 9.47 Å². The average molecular weight is 499 g/mol. The van der Waals surface area contributed by atoms with Gasteiger partial charge in [0.25, 0.3) is 0 Å². The molecule has 1 aliphatic carbocycles. The summed E-state index contributed by atoms with van der Waals surface area (Å²) in [6, 6.07) is 26.0. The van der Waals surface area contributed by atoms with Crippen LogP contribution in [0.2, 0.25) is 0 Å². The molecule has 1 heterocycles. The zero-order valence-electron chi connectivity index (χ0n) is 18.5. The van der Waals surface area contributed by atoms with Crippen LogP contribution in [0.1, 0.15) is 17.5 Å². The van der Waals surface area contributed by atoms with Crippen molar-refractivity contribution >= 4 is 37.5 Å². The molecule has 6 rings (SSSR count). The summed E-state index contributed by atoms with van der Waals surface area (Å²) in [5.74, 6) is 1.52. The first-order valence-electron chi connectivity index (χ1n) is 11.5. The third-order valence-corrected chi connectivity index (χ3v) is 6.84. The van der Waals surface area contributed by atoms with Crippen LogP contribution in [0.4, 0.5) is 0 Å². The second-order valence-electron chi connectivity index (χ2n) is 8.55. The van der Waals surface area contributed by atoms with Gasteiger partial charge in [-0.1, -0.05) is 76.6 Å². The fraction of sp³-hybridized carbons (Fsp3) is 0.200. The normalized spacial score (nSPS) is 16.6. The van der Waals surface area contributed by atoms with Gasteiger partial charge in [0.15, 0.2) is 0 Å². The van der Waals surface area contributed by atoms with Gasteiger partial charge < -0.3 is 9.47 Å². The number of halogens is 1. The highest BCUT2D eigenvalue weighted by atomic mass is 79.9. The monoisotopic (exact) mass is 498 g/mol. The summed E-state index contributed by atoms with van der Waals surface area (Å²) < 4.78 is 11.9. The summed E-state index contributed by atoms with van der Waals surface area (Å²) >= 11 is 3.51. The molecule has 4 aromatic rings. The number of hydrogen-bond acceptors (Lipinski definition) is 2. The van der Waals surface area contributed by atoms with Gasteiger partial charge >= 0.3 is 0 Å². The smallest absolute Gasteiger partial charge is 0.120 e. The van der Waals surface area contributed by atoms with E-state index >= 15 is 0 Å². The Labute approximate surface area is 203 Å². The van der Waals surface area contributed by atoms with Gasteiger partial charge in [-0.15, -0.1) is 0 Å². The molecule has 33 heavy (non-hydrogen) atoms. The Kier molecular flexibility index (Phi) is 6.78. The third-order valence-electron chi connectivity index (χ3n) is 6.34. The van der Waals surface area contributed by atoms with Gasteiger partial charge in [0, 0.05) is 4.47 Å². The highest BCUT2D eigenvalue weighted by Crippen LogP contribution is 2.35. The molecule has 1 aliphatic heterocycles. The van der Waals surface area contributed by atoms with E-state index in [-0.39, 0.29) is 0 Å². The van der Waals surface area contributed by atoms with Crippen LogP contribution in [-0.4, -0.2) is 13.2 Å². The Morgan fingerprint density at radius 3 is 2.58 bits per heavy atom. The van der Waals surface area contributed by atoms with E-state index in [1.165, 1.54) is 39.1 Å². The van der Waals surface area contributed by atoms with Crippen LogP contribution in [0.3, 0.4) is 0 Å². The summed E-state index contributed by atoms with van der Waals surface area (Å²) in [6.07, 6.45) is 10.9. The summed E-state index contributed by atoms with van der Waals surface area (Å²) in [4.78, 5) is 0. The summed E-state index contributed by atoms with van der Waals surface area (Å²) in [5.41, 5.74) is 3.03. The number of rotatable bonds is 3. The zero-order chi connectivity index (χ0) is 22.5. The topological polar surface area (TPSA) is 18.5 Å². The fourth-order valence-corrected chi connectivity index (χ4v) is 5.08. The summed E-state index contributed by atoms with van der Waals surface area (Å²) in [5, 5.41) is 5.49. The van der Waals surface area contributed by atoms with Crippen molar-refractivity contribution in [3.63, 3.8) is 0 Å². The molecule has 0 saturated heterocycles. The first kappa shape index (κ1) is 21.8. The van der Waals surface area contributed by atoms with Gasteiger partial charge in [-0.25, -0.2) is 0 Å². The minimum atomic E-state index is 0.578. The molecule has 0 fully saturated rings. The van der Waals surface area contributed by atoms with Crippen LogP contribution in [-0.2, 0) is 17.6 Å². The van der Waals surface area contributed by atoms with E-state index in [0.717, 1.165) is 36.3 Å². The van der Waals surface area contributed by atoms with Crippen LogP contribution in [0.15, 0.2) is 102 Å². The second-order valence-corrected chi connectivity index (χ2v) is 9.47. The molecule has 2 nitrogen and oxygen atoms in total. The molecular formula is C30H27BrO2. The lowest BCUT2D eigenvalue weighted by atomic mass is 9.81. The molecule has 0 aromatic heterocycles. The maximum atomic E-state index is 6.06. The van der Waals surface area contributed by atoms with Crippen LogP contribution < -0.4 is 4.74 Å². The predicted molar refractivity (Wildman–Crippen MR) is 141 cm³/mol. The van der Waals surface area contributed by atoms with E-state index in [0.29, 0.717) is 5.92 Å². The van der Waals surface area contributed by atoms with E-state index in [4.69, 9.17) is 9.47 Å². The number of fused-ring (bicyclic) bond motifs is 5. The number of allylic oxidation sites excluding steroid dienone is 2. The van der Waals surface area contributed by atoms with Crippen molar-refractivity contribution in [1.82, 2.24) is 0 Å². The van der Waals surface area contributed by atoms with Crippen molar-refractivity contribution in [3.8, 4) is 5.75 Å². The standard InChI is InChI=1S/C25H21BrO.C5H6O/c26-20-5-3-6-21(15-20)27-16-17-8-11-23-19(14-17)10-13-24-22-7-2-1-4-18(22)9-12-25(23)24;1-2-4-6-5-3-1/h1-7,9-10,12-13,15,17H,8,11,14,16H2;1-4H,5H2/t17-;/m1./s1. The Hall–Kier alpha value is -3.04. The molecule has 1 atom stereocenters. The minimum absolute atomic E-state index is 0.578. The molecule has 0 saturated carbocycles. The van der Waals surface area contributed by atoms with E-state index in [9.17, 15) is 0 Å². The van der Waals surface area contributed by atoms with Crippen LogP contribution in [0.5, 0.6) is 5.75 Å². The molecule has 4 aromatic carbocycles. The van der Waals surface area contributed by atoms with Crippen LogP contribution in [0.25, 0.3) is 21.5 Å². The van der Waals surface area contributed by atoms with E-state index in [2.05, 4.69) is 64.5 Å². The third kappa shape index (κ3) is 5.15. The minimum Gasteiger partial charge on any atom is -0.497 e. The van der Waals surface area contributed by atoms with E-state index in [1.807, 2.05) is 42.5 Å². The molecule has 3 heteroatoms. The van der Waals surface area contributed by atoms with Crippen molar-refractivity contribution in [3.05, 3.63) is 113 Å². The summed E-state index contributed by atoms with van der Waals surface area (Å²) in [6.45, 7) is 1.52. The molecule has 0 spiro atoms. The van der Waals surface area contributed by atoms with Gasteiger partial charge in [0.05, 0.1) is 12.9 Å². The molecule has 0 radical (unpaired) electrons. The van der Waals surface area contributed by atoms with Crippen molar-refractivity contribution in [2.45, 2.75) is 19.3 Å². The van der Waals surface area contributed by atoms with Gasteiger partial charge in [0.2, 0.25) is 0 Å². The van der Waals surface area contributed by atoms with Crippen molar-refractivity contribution in [1.29, 1.82) is 0 Å². The number of ether oxygens (including phenoxy) is 2. The molecule has 0 unspecified atom stereocenters. The average Bonchev–Trinajstić information content (AvgIpc) is 2.88. The number of benzene rings is 4. The predicted octanol–water partition coefficient (Wildman–Crippen LogP) is 8.03. The van der Waals surface area contributed by atoms with E-state index in [1.54, 1.807) is 6.26 Å². The molecule has 0 bridgehead atoms.